The molecule has 4 aromatic rings. The first kappa shape index (κ1) is 25.5. The number of carbonyl (C=O) groups excluding carboxylic acids is 1. The third-order valence-electron chi connectivity index (χ3n) is 7.33. The molecular weight excluding hydrogens is 517 g/mol. The van der Waals surface area contributed by atoms with E-state index >= 15 is 0 Å². The Morgan fingerprint density at radius 2 is 1.74 bits per heavy atom. The van der Waals surface area contributed by atoms with E-state index in [4.69, 9.17) is 4.74 Å². The van der Waals surface area contributed by atoms with Gasteiger partial charge in [0.15, 0.2) is 0 Å². The van der Waals surface area contributed by atoms with E-state index in [2.05, 4.69) is 4.57 Å². The molecule has 0 N–H and O–H groups in total. The monoisotopic (exact) mass is 545 g/mol. The first-order chi connectivity index (χ1) is 18.9. The highest BCUT2D eigenvalue weighted by molar-refractivity contribution is 7.89. The Kier molecular flexibility index (Phi) is 6.58. The lowest BCUT2D eigenvalue weighted by Gasteiger charge is -2.26. The Hall–Kier alpha value is -3.79. The number of aromatic nitrogens is 1. The minimum Gasteiger partial charge on any atom is -0.379 e. The number of anilines is 1. The number of carbonyl (C=O) groups is 1. The zero-order chi connectivity index (χ0) is 27.1. The van der Waals surface area contributed by atoms with Gasteiger partial charge in [0.25, 0.3) is 5.91 Å². The summed E-state index contributed by atoms with van der Waals surface area (Å²) in [6.07, 6.45) is 3.84. The predicted molar refractivity (Wildman–Crippen MR) is 149 cm³/mol. The van der Waals surface area contributed by atoms with Crippen LogP contribution in [0.3, 0.4) is 0 Å². The number of ether oxygens (including phenoxy) is 1. The van der Waals surface area contributed by atoms with E-state index in [9.17, 15) is 17.6 Å². The Morgan fingerprint density at radius 3 is 2.49 bits per heavy atom. The molecule has 6 rings (SSSR count). The molecule has 0 aliphatic carbocycles. The molecule has 3 aromatic carbocycles. The molecule has 1 saturated heterocycles. The molecule has 0 bridgehead atoms. The summed E-state index contributed by atoms with van der Waals surface area (Å²) in [5.74, 6) is -0.445. The Morgan fingerprint density at radius 1 is 1.00 bits per heavy atom. The summed E-state index contributed by atoms with van der Waals surface area (Å²) in [4.78, 5) is 15.4. The summed E-state index contributed by atoms with van der Waals surface area (Å²) in [6.45, 7) is 4.23. The quantitative estimate of drug-likeness (QED) is 0.328. The van der Waals surface area contributed by atoms with E-state index < -0.39 is 10.0 Å². The van der Waals surface area contributed by atoms with Crippen molar-refractivity contribution < 1.29 is 22.3 Å². The van der Waals surface area contributed by atoms with Crippen LogP contribution in [0.1, 0.15) is 23.6 Å². The zero-order valence-electron chi connectivity index (χ0n) is 21.5. The summed E-state index contributed by atoms with van der Waals surface area (Å²) in [5, 5.41) is 0.966. The zero-order valence-corrected chi connectivity index (χ0v) is 22.3. The third-order valence-corrected chi connectivity index (χ3v) is 9.23. The van der Waals surface area contributed by atoms with E-state index in [0.29, 0.717) is 56.2 Å². The standard InChI is InChI=1S/C30H28FN3O4S/c1-2-34-29-12-11-24(39(36,37)33-13-15-38-16-14-33)18-26(29)27(30(34)35)17-22-20-32(28-6-4-3-5-25(22)28)19-21-7-9-23(31)10-8-21/h3-12,17-18,20H,2,13-16,19H2,1H3. The van der Waals surface area contributed by atoms with Crippen molar-refractivity contribution in [2.45, 2.75) is 18.4 Å². The number of morpholine rings is 1. The second-order valence-electron chi connectivity index (χ2n) is 9.66. The van der Waals surface area contributed by atoms with Crippen LogP contribution in [0.5, 0.6) is 0 Å². The van der Waals surface area contributed by atoms with Crippen LogP contribution in [0.25, 0.3) is 22.6 Å². The summed E-state index contributed by atoms with van der Waals surface area (Å²) in [5.41, 5.74) is 4.54. The molecule has 1 fully saturated rings. The highest BCUT2D eigenvalue weighted by Gasteiger charge is 2.34. The average molecular weight is 546 g/mol. The first-order valence-corrected chi connectivity index (χ1v) is 14.4. The van der Waals surface area contributed by atoms with Crippen molar-refractivity contribution in [1.82, 2.24) is 8.87 Å². The van der Waals surface area contributed by atoms with Crippen molar-refractivity contribution in [1.29, 1.82) is 0 Å². The van der Waals surface area contributed by atoms with E-state index in [-0.39, 0.29) is 16.6 Å². The predicted octanol–water partition coefficient (Wildman–Crippen LogP) is 4.76. The third kappa shape index (κ3) is 4.56. The Labute approximate surface area is 226 Å². The lowest BCUT2D eigenvalue weighted by molar-refractivity contribution is -0.112. The van der Waals surface area contributed by atoms with Crippen LogP contribution < -0.4 is 4.90 Å². The van der Waals surface area contributed by atoms with Gasteiger partial charge in [0, 0.05) is 60.0 Å². The second kappa shape index (κ2) is 10.1. The number of likely N-dealkylation sites (N-methyl/N-ethyl adjacent to an activating group) is 1. The molecule has 9 heteroatoms. The molecule has 0 radical (unpaired) electrons. The van der Waals surface area contributed by atoms with E-state index in [0.717, 1.165) is 22.0 Å². The number of hydrogen-bond acceptors (Lipinski definition) is 4. The number of fused-ring (bicyclic) bond motifs is 2. The highest BCUT2D eigenvalue weighted by atomic mass is 32.2. The van der Waals surface area contributed by atoms with Gasteiger partial charge < -0.3 is 14.2 Å². The van der Waals surface area contributed by atoms with Crippen LogP contribution in [-0.2, 0) is 26.1 Å². The van der Waals surface area contributed by atoms with Gasteiger partial charge in [-0.15, -0.1) is 0 Å². The van der Waals surface area contributed by atoms with Gasteiger partial charge >= 0.3 is 0 Å². The number of amides is 1. The minimum absolute atomic E-state index is 0.163. The van der Waals surface area contributed by atoms with E-state index in [1.807, 2.05) is 43.5 Å². The molecule has 0 atom stereocenters. The van der Waals surface area contributed by atoms with Gasteiger partial charge in [-0.05, 0) is 55.0 Å². The van der Waals surface area contributed by atoms with Gasteiger partial charge in [-0.3, -0.25) is 4.79 Å². The number of halogens is 1. The van der Waals surface area contributed by atoms with Crippen LogP contribution in [0, 0.1) is 5.82 Å². The van der Waals surface area contributed by atoms with Gasteiger partial charge in [0.2, 0.25) is 10.0 Å². The molecule has 1 amide bonds. The van der Waals surface area contributed by atoms with Crippen LogP contribution in [0.2, 0.25) is 0 Å². The number of sulfonamides is 1. The van der Waals surface area contributed by atoms with Crippen molar-refractivity contribution in [2.24, 2.45) is 0 Å². The van der Waals surface area contributed by atoms with Gasteiger partial charge in [-0.2, -0.15) is 4.31 Å². The molecule has 1 aromatic heterocycles. The van der Waals surface area contributed by atoms with Crippen molar-refractivity contribution in [3.8, 4) is 0 Å². The fourth-order valence-corrected chi connectivity index (χ4v) is 6.78. The fraction of sp³-hybridized carbons (Fsp3) is 0.233. The largest absolute Gasteiger partial charge is 0.379 e. The highest BCUT2D eigenvalue weighted by Crippen LogP contribution is 2.40. The van der Waals surface area contributed by atoms with Gasteiger partial charge in [-0.1, -0.05) is 30.3 Å². The number of benzene rings is 3. The van der Waals surface area contributed by atoms with Crippen LogP contribution in [0.15, 0.2) is 77.8 Å². The molecule has 2 aliphatic heterocycles. The van der Waals surface area contributed by atoms with Gasteiger partial charge in [0.05, 0.1) is 23.8 Å². The van der Waals surface area contributed by atoms with E-state index in [1.165, 1.54) is 16.4 Å². The van der Waals surface area contributed by atoms with Crippen molar-refractivity contribution in [2.75, 3.05) is 37.7 Å². The Bertz CT molecular complexity index is 1700. The molecule has 39 heavy (non-hydrogen) atoms. The number of nitrogens with zero attached hydrogens (tertiary/aromatic N) is 3. The SMILES string of the molecule is CCN1C(=O)C(=Cc2cn(Cc3ccc(F)cc3)c3ccccc23)c2cc(S(=O)(=O)N3CCOCC3)ccc21. The maximum atomic E-state index is 13.6. The fourth-order valence-electron chi connectivity index (χ4n) is 5.35. The molecular formula is C30H28FN3O4S. The van der Waals surface area contributed by atoms with Gasteiger partial charge in [0.1, 0.15) is 5.82 Å². The van der Waals surface area contributed by atoms with Crippen LogP contribution in [0.4, 0.5) is 10.1 Å². The normalized spacial score (nSPS) is 17.3. The summed E-state index contributed by atoms with van der Waals surface area (Å²) < 4.78 is 49.0. The minimum atomic E-state index is -3.72. The van der Waals surface area contributed by atoms with Crippen LogP contribution >= 0.6 is 0 Å². The molecule has 0 saturated carbocycles. The van der Waals surface area contributed by atoms with Crippen molar-refractivity contribution in [3.05, 3.63) is 95.4 Å². The summed E-state index contributed by atoms with van der Waals surface area (Å²) in [7, 11) is -3.72. The summed E-state index contributed by atoms with van der Waals surface area (Å²) >= 11 is 0. The van der Waals surface area contributed by atoms with Crippen molar-refractivity contribution in [3.63, 3.8) is 0 Å². The number of hydrogen-bond donors (Lipinski definition) is 0. The molecule has 2 aliphatic rings. The molecule has 0 spiro atoms. The maximum absolute atomic E-state index is 13.6. The molecule has 3 heterocycles. The summed E-state index contributed by atoms with van der Waals surface area (Å²) in [6, 6.07) is 19.2. The molecule has 0 unspecified atom stereocenters. The number of para-hydroxylation sites is 1. The smallest absolute Gasteiger partial charge is 0.258 e. The molecule has 200 valence electrons. The lowest BCUT2D eigenvalue weighted by Crippen LogP contribution is -2.40. The number of rotatable bonds is 6. The topological polar surface area (TPSA) is 71.9 Å². The maximum Gasteiger partial charge on any atom is 0.258 e. The second-order valence-corrected chi connectivity index (χ2v) is 11.6. The van der Waals surface area contributed by atoms with Gasteiger partial charge in [-0.25, -0.2) is 12.8 Å². The van der Waals surface area contributed by atoms with Crippen molar-refractivity contribution >= 4 is 44.2 Å². The van der Waals surface area contributed by atoms with Crippen LogP contribution in [-0.4, -0.2) is 56.0 Å². The van der Waals surface area contributed by atoms with E-state index in [1.54, 1.807) is 35.2 Å². The first-order valence-electron chi connectivity index (χ1n) is 12.9. The molecule has 7 nitrogen and oxygen atoms in total. The Balaban J connectivity index is 1.44. The average Bonchev–Trinajstić information content (AvgIpc) is 3.44. The lowest BCUT2D eigenvalue weighted by atomic mass is 10.0.